The summed E-state index contributed by atoms with van der Waals surface area (Å²) < 4.78 is 0. The fraction of sp³-hybridized carbons (Fsp3) is 0.900. The summed E-state index contributed by atoms with van der Waals surface area (Å²) >= 11 is 0. The van der Waals surface area contributed by atoms with Gasteiger partial charge in [0, 0.05) is 5.41 Å². The molecule has 0 atom stereocenters. The molecule has 0 bridgehead atoms. The monoisotopic (exact) mass is 187 g/mol. The van der Waals surface area contributed by atoms with Crippen LogP contribution in [0, 0.1) is 11.3 Å². The highest BCUT2D eigenvalue weighted by Gasteiger charge is 2.25. The van der Waals surface area contributed by atoms with E-state index in [-0.39, 0.29) is 11.3 Å². The first-order valence-corrected chi connectivity index (χ1v) is 4.82. The maximum absolute atomic E-state index is 11.4. The Morgan fingerprint density at radius 2 is 2.00 bits per heavy atom. The molecule has 0 unspecified atom stereocenters. The third-order valence-corrected chi connectivity index (χ3v) is 2.08. The molecule has 78 valence electrons. The summed E-state index contributed by atoms with van der Waals surface area (Å²) in [5.41, 5.74) is 2.13. The lowest BCUT2D eigenvalue weighted by atomic mass is 9.90. The highest BCUT2D eigenvalue weighted by Crippen LogP contribution is 2.19. The largest absolute Gasteiger partial charge is 0.273 e. The van der Waals surface area contributed by atoms with Crippen molar-refractivity contribution in [3.05, 3.63) is 0 Å². The number of carbonyl (C=O) groups excluding carboxylic acids is 1. The van der Waals surface area contributed by atoms with Gasteiger partial charge in [-0.2, -0.15) is 0 Å². The second-order valence-electron chi connectivity index (χ2n) is 4.37. The van der Waals surface area contributed by atoms with Gasteiger partial charge in [-0.25, -0.2) is 5.48 Å². The van der Waals surface area contributed by atoms with Crippen molar-refractivity contribution < 1.29 is 9.63 Å². The molecule has 13 heavy (non-hydrogen) atoms. The fourth-order valence-corrected chi connectivity index (χ4v) is 0.573. The summed E-state index contributed by atoms with van der Waals surface area (Å²) in [7, 11) is 0. The van der Waals surface area contributed by atoms with Crippen molar-refractivity contribution in [2.45, 2.75) is 41.0 Å². The molecule has 0 saturated heterocycles. The Labute approximate surface area is 80.8 Å². The van der Waals surface area contributed by atoms with Crippen LogP contribution in [-0.2, 0) is 9.63 Å². The van der Waals surface area contributed by atoms with Crippen LogP contribution < -0.4 is 5.48 Å². The summed E-state index contributed by atoms with van der Waals surface area (Å²) in [5, 5.41) is 0. The second-order valence-corrected chi connectivity index (χ2v) is 4.37. The predicted molar refractivity (Wildman–Crippen MR) is 53.0 cm³/mol. The molecule has 1 amide bonds. The number of hydrogen-bond acceptors (Lipinski definition) is 2. The van der Waals surface area contributed by atoms with Crippen molar-refractivity contribution in [2.75, 3.05) is 6.61 Å². The molecule has 0 spiro atoms. The Bertz CT molecular complexity index is 164. The van der Waals surface area contributed by atoms with E-state index in [1.807, 2.05) is 34.6 Å². The van der Waals surface area contributed by atoms with Crippen LogP contribution in [0.2, 0.25) is 0 Å². The zero-order valence-electron chi connectivity index (χ0n) is 9.31. The van der Waals surface area contributed by atoms with Crippen LogP contribution in [0.25, 0.3) is 0 Å². The van der Waals surface area contributed by atoms with E-state index in [0.717, 1.165) is 6.42 Å². The smallest absolute Gasteiger partial charge is 0.249 e. The number of rotatable bonds is 5. The van der Waals surface area contributed by atoms with Gasteiger partial charge in [-0.05, 0) is 12.3 Å². The highest BCUT2D eigenvalue weighted by molar-refractivity contribution is 5.80. The molecule has 0 rings (SSSR count). The number of hydrogen-bond donors (Lipinski definition) is 1. The minimum absolute atomic E-state index is 0.0457. The van der Waals surface area contributed by atoms with Gasteiger partial charge in [-0.15, -0.1) is 0 Å². The van der Waals surface area contributed by atoms with Gasteiger partial charge in [-0.3, -0.25) is 9.63 Å². The Morgan fingerprint density at radius 3 is 2.38 bits per heavy atom. The summed E-state index contributed by atoms with van der Waals surface area (Å²) in [6.45, 7) is 10.4. The fourth-order valence-electron chi connectivity index (χ4n) is 0.573. The predicted octanol–water partition coefficient (Wildman–Crippen LogP) is 2.13. The van der Waals surface area contributed by atoms with E-state index in [9.17, 15) is 4.79 Å². The van der Waals surface area contributed by atoms with Gasteiger partial charge in [0.1, 0.15) is 0 Å². The summed E-state index contributed by atoms with van der Waals surface area (Å²) in [5.74, 6) is 0.390. The van der Waals surface area contributed by atoms with Crippen LogP contribution in [-0.4, -0.2) is 12.5 Å². The second kappa shape index (κ2) is 5.22. The SMILES string of the molecule is CCC(C)(C)C(=O)NOCC(C)C. The third-order valence-electron chi connectivity index (χ3n) is 2.08. The average molecular weight is 187 g/mol. The van der Waals surface area contributed by atoms with Gasteiger partial charge in [0.2, 0.25) is 5.91 Å². The normalized spacial score (nSPS) is 11.8. The zero-order chi connectivity index (χ0) is 10.5. The lowest BCUT2D eigenvalue weighted by molar-refractivity contribution is -0.143. The molecule has 1 N–H and O–H groups in total. The van der Waals surface area contributed by atoms with Crippen molar-refractivity contribution in [3.63, 3.8) is 0 Å². The third kappa shape index (κ3) is 4.88. The molecular formula is C10H21NO2. The van der Waals surface area contributed by atoms with E-state index >= 15 is 0 Å². The van der Waals surface area contributed by atoms with Crippen LogP contribution in [0.15, 0.2) is 0 Å². The Morgan fingerprint density at radius 1 is 1.46 bits per heavy atom. The molecule has 0 aromatic carbocycles. The van der Waals surface area contributed by atoms with E-state index in [1.165, 1.54) is 0 Å². The quantitative estimate of drug-likeness (QED) is 0.669. The maximum atomic E-state index is 11.4. The summed E-state index contributed by atoms with van der Waals surface area (Å²) in [6.07, 6.45) is 0.809. The number of nitrogens with one attached hydrogen (secondary N) is 1. The highest BCUT2D eigenvalue weighted by atomic mass is 16.7. The van der Waals surface area contributed by atoms with Crippen molar-refractivity contribution in [1.29, 1.82) is 0 Å². The van der Waals surface area contributed by atoms with E-state index < -0.39 is 0 Å². The minimum atomic E-state index is -0.336. The molecule has 3 heteroatoms. The minimum Gasteiger partial charge on any atom is -0.273 e. The van der Waals surface area contributed by atoms with Gasteiger partial charge < -0.3 is 0 Å². The van der Waals surface area contributed by atoms with E-state index in [0.29, 0.717) is 12.5 Å². The molecule has 0 aliphatic carbocycles. The Balaban J connectivity index is 3.75. The van der Waals surface area contributed by atoms with Crippen LogP contribution in [0.3, 0.4) is 0 Å². The molecule has 0 fully saturated rings. The number of hydroxylamine groups is 1. The standard InChI is InChI=1S/C10H21NO2/c1-6-10(4,5)9(12)11-13-7-8(2)3/h8H,6-7H2,1-5H3,(H,11,12). The van der Waals surface area contributed by atoms with Gasteiger partial charge in [-0.1, -0.05) is 34.6 Å². The molecular weight excluding hydrogens is 166 g/mol. The molecule has 0 aliphatic heterocycles. The van der Waals surface area contributed by atoms with Gasteiger partial charge in [0.05, 0.1) is 6.61 Å². The van der Waals surface area contributed by atoms with Gasteiger partial charge in [0.25, 0.3) is 0 Å². The Hall–Kier alpha value is -0.570. The van der Waals surface area contributed by atoms with Crippen LogP contribution in [0.4, 0.5) is 0 Å². The van der Waals surface area contributed by atoms with Crippen molar-refractivity contribution in [3.8, 4) is 0 Å². The Kier molecular flexibility index (Phi) is 4.99. The van der Waals surface area contributed by atoms with Crippen molar-refractivity contribution in [2.24, 2.45) is 11.3 Å². The van der Waals surface area contributed by atoms with Gasteiger partial charge in [0.15, 0.2) is 0 Å². The van der Waals surface area contributed by atoms with Crippen molar-refractivity contribution in [1.82, 2.24) is 5.48 Å². The van der Waals surface area contributed by atoms with Gasteiger partial charge >= 0.3 is 0 Å². The van der Waals surface area contributed by atoms with E-state index in [4.69, 9.17) is 4.84 Å². The number of carbonyl (C=O) groups is 1. The molecule has 0 aromatic heterocycles. The molecule has 0 aromatic rings. The van der Waals surface area contributed by atoms with Crippen molar-refractivity contribution >= 4 is 5.91 Å². The topological polar surface area (TPSA) is 38.3 Å². The summed E-state index contributed by atoms with van der Waals surface area (Å²) in [6, 6.07) is 0. The first-order valence-electron chi connectivity index (χ1n) is 4.82. The molecule has 0 radical (unpaired) electrons. The lowest BCUT2D eigenvalue weighted by Crippen LogP contribution is -2.37. The molecule has 0 heterocycles. The number of amides is 1. The zero-order valence-corrected chi connectivity index (χ0v) is 9.31. The first kappa shape index (κ1) is 12.4. The van der Waals surface area contributed by atoms with Crippen LogP contribution in [0.5, 0.6) is 0 Å². The summed E-state index contributed by atoms with van der Waals surface area (Å²) in [4.78, 5) is 16.5. The van der Waals surface area contributed by atoms with E-state index in [2.05, 4.69) is 5.48 Å². The molecule has 3 nitrogen and oxygen atoms in total. The van der Waals surface area contributed by atoms with Crippen LogP contribution in [0.1, 0.15) is 41.0 Å². The maximum Gasteiger partial charge on any atom is 0.249 e. The first-order chi connectivity index (χ1) is 5.90. The van der Waals surface area contributed by atoms with E-state index in [1.54, 1.807) is 0 Å². The molecule has 0 aliphatic rings. The average Bonchev–Trinajstić information content (AvgIpc) is 2.03. The van der Waals surface area contributed by atoms with Crippen LogP contribution >= 0.6 is 0 Å². The lowest BCUT2D eigenvalue weighted by Gasteiger charge is -2.21. The molecule has 0 saturated carbocycles.